The molecule has 0 saturated heterocycles. The predicted molar refractivity (Wildman–Crippen MR) is 151 cm³/mol. The van der Waals surface area contributed by atoms with Crippen molar-refractivity contribution < 1.29 is 19.5 Å². The van der Waals surface area contributed by atoms with Gasteiger partial charge in [0, 0.05) is 18.2 Å². The second-order valence-electron chi connectivity index (χ2n) is 9.68. The fraction of sp³-hybridized carbons (Fsp3) is 0.290. The van der Waals surface area contributed by atoms with E-state index in [4.69, 9.17) is 14.5 Å². The number of amides is 1. The number of carbonyl (C=O) groups is 1. The van der Waals surface area contributed by atoms with Crippen molar-refractivity contribution in [2.24, 2.45) is 4.99 Å². The summed E-state index contributed by atoms with van der Waals surface area (Å²) in [4.78, 5) is 19.0. The van der Waals surface area contributed by atoms with Crippen LogP contribution in [0.5, 0.6) is 11.5 Å². The van der Waals surface area contributed by atoms with Crippen LogP contribution in [0.1, 0.15) is 41.2 Å². The smallest absolute Gasteiger partial charge is 0.338 e. The summed E-state index contributed by atoms with van der Waals surface area (Å²) >= 11 is 0. The van der Waals surface area contributed by atoms with Crippen molar-refractivity contribution in [1.29, 1.82) is 0 Å². The molecule has 5 rings (SSSR count). The van der Waals surface area contributed by atoms with Crippen molar-refractivity contribution in [2.45, 2.75) is 26.2 Å². The third-order valence-electron chi connectivity index (χ3n) is 7.25. The van der Waals surface area contributed by atoms with Crippen LogP contribution in [0.25, 0.3) is 11.8 Å². The highest BCUT2D eigenvalue weighted by Crippen LogP contribution is 2.41. The Bertz CT molecular complexity index is 1400. The molecular weight excluding hydrogens is 478 g/mol. The van der Waals surface area contributed by atoms with Gasteiger partial charge in [-0.25, -0.2) is 10.0 Å². The second kappa shape index (κ2) is 10.8. The van der Waals surface area contributed by atoms with E-state index < -0.39 is 4.65 Å². The molecule has 0 fully saturated rings. The minimum absolute atomic E-state index is 0.248. The number of rotatable bonds is 10. The van der Waals surface area contributed by atoms with E-state index in [0.717, 1.165) is 37.3 Å². The van der Waals surface area contributed by atoms with Gasteiger partial charge in [-0.2, -0.15) is 0 Å². The van der Waals surface area contributed by atoms with Gasteiger partial charge in [0.2, 0.25) is 11.4 Å². The van der Waals surface area contributed by atoms with Crippen molar-refractivity contribution in [2.75, 3.05) is 33.9 Å². The standard InChI is InChI=1S/C31H34N3O4/c1-4-17-34(36,21-35)28-18-23(19-29(37-2)30(28)38-3)10-9-22-11-13-24(14-12-22)27-20-25-7-5-6-8-26(25)31-32-15-16-33(27)31/h5-8,11-14,18-21,36H,4,9-10,15-17H2,1-3H3/q+1. The van der Waals surface area contributed by atoms with Gasteiger partial charge in [-0.15, -0.1) is 0 Å². The highest BCUT2D eigenvalue weighted by molar-refractivity contribution is 6.12. The third-order valence-corrected chi connectivity index (χ3v) is 7.25. The highest BCUT2D eigenvalue weighted by Gasteiger charge is 2.34. The SMILES string of the molecule is CCC[N+](O)(C=O)c1cc(CCc2ccc(C3=Cc4ccccc4C4=NCCN34)cc2)cc(OC)c1OC. The number of benzene rings is 3. The van der Waals surface area contributed by atoms with E-state index in [0.29, 0.717) is 30.0 Å². The van der Waals surface area contributed by atoms with Crippen molar-refractivity contribution in [3.63, 3.8) is 0 Å². The predicted octanol–water partition coefficient (Wildman–Crippen LogP) is 5.33. The number of quaternary nitrogens is 1. The number of hydrogen-bond acceptors (Lipinski definition) is 6. The molecule has 0 aromatic heterocycles. The van der Waals surface area contributed by atoms with Crippen molar-refractivity contribution in [1.82, 2.24) is 9.55 Å². The molecule has 0 radical (unpaired) electrons. The van der Waals surface area contributed by atoms with Crippen LogP contribution >= 0.6 is 0 Å². The van der Waals surface area contributed by atoms with E-state index in [1.165, 1.54) is 35.1 Å². The molecule has 0 aliphatic carbocycles. The first-order chi connectivity index (χ1) is 18.5. The van der Waals surface area contributed by atoms with Crippen LogP contribution in [0.3, 0.4) is 0 Å². The molecule has 1 atom stereocenters. The summed E-state index contributed by atoms with van der Waals surface area (Å²) in [5.74, 6) is 1.93. The third kappa shape index (κ3) is 4.71. The fourth-order valence-corrected chi connectivity index (χ4v) is 5.34. The molecule has 1 amide bonds. The average Bonchev–Trinajstić information content (AvgIpc) is 3.46. The van der Waals surface area contributed by atoms with Crippen LogP contribution < -0.4 is 14.1 Å². The number of hydroxylamine groups is 2. The van der Waals surface area contributed by atoms with E-state index in [9.17, 15) is 10.0 Å². The maximum atomic E-state index is 11.9. The lowest BCUT2D eigenvalue weighted by molar-refractivity contribution is -0.146. The summed E-state index contributed by atoms with van der Waals surface area (Å²) in [7, 11) is 3.08. The number of nitrogens with zero attached hydrogens (tertiary/aromatic N) is 3. The largest absolute Gasteiger partial charge is 0.493 e. The first-order valence-electron chi connectivity index (χ1n) is 13.1. The van der Waals surface area contributed by atoms with E-state index >= 15 is 0 Å². The lowest BCUT2D eigenvalue weighted by Gasteiger charge is -2.29. The molecule has 1 unspecified atom stereocenters. The Hall–Kier alpha value is -3.94. The summed E-state index contributed by atoms with van der Waals surface area (Å²) in [6.07, 6.45) is 4.94. The molecule has 0 saturated carbocycles. The van der Waals surface area contributed by atoms with E-state index in [1.807, 2.05) is 19.1 Å². The van der Waals surface area contributed by atoms with Crippen LogP contribution in [0.2, 0.25) is 0 Å². The minimum atomic E-state index is -0.849. The fourth-order valence-electron chi connectivity index (χ4n) is 5.34. The number of amidine groups is 1. The van der Waals surface area contributed by atoms with Crippen LogP contribution in [-0.4, -0.2) is 56.2 Å². The zero-order valence-corrected chi connectivity index (χ0v) is 22.2. The van der Waals surface area contributed by atoms with Gasteiger partial charge in [0.15, 0.2) is 5.75 Å². The molecule has 0 spiro atoms. The van der Waals surface area contributed by atoms with Crippen LogP contribution in [0.4, 0.5) is 5.69 Å². The van der Waals surface area contributed by atoms with Crippen molar-refractivity contribution >= 4 is 29.7 Å². The van der Waals surface area contributed by atoms with Crippen molar-refractivity contribution in [3.8, 4) is 11.5 Å². The Morgan fingerprint density at radius 3 is 2.50 bits per heavy atom. The monoisotopic (exact) mass is 512 g/mol. The molecule has 2 heterocycles. The van der Waals surface area contributed by atoms with Gasteiger partial charge in [-0.1, -0.05) is 60.1 Å². The average molecular weight is 513 g/mol. The Labute approximate surface area is 223 Å². The number of aliphatic imine (C=N–C) groups is 1. The number of fused-ring (bicyclic) bond motifs is 3. The summed E-state index contributed by atoms with van der Waals surface area (Å²) < 4.78 is 10.2. The minimum Gasteiger partial charge on any atom is -0.493 e. The van der Waals surface area contributed by atoms with Gasteiger partial charge in [-0.05, 0) is 53.7 Å². The maximum Gasteiger partial charge on any atom is 0.338 e. The molecule has 2 aliphatic heterocycles. The molecule has 196 valence electrons. The Morgan fingerprint density at radius 1 is 1.03 bits per heavy atom. The maximum absolute atomic E-state index is 11.9. The lowest BCUT2D eigenvalue weighted by Crippen LogP contribution is -2.45. The quantitative estimate of drug-likeness (QED) is 0.172. The number of hydrogen-bond donors (Lipinski definition) is 1. The van der Waals surface area contributed by atoms with Crippen LogP contribution in [0, 0.1) is 0 Å². The van der Waals surface area contributed by atoms with Gasteiger partial charge in [0.1, 0.15) is 12.4 Å². The van der Waals surface area contributed by atoms with Gasteiger partial charge in [-0.3, -0.25) is 4.99 Å². The van der Waals surface area contributed by atoms with E-state index in [2.05, 4.69) is 59.5 Å². The van der Waals surface area contributed by atoms with Gasteiger partial charge in [0.25, 0.3) is 0 Å². The van der Waals surface area contributed by atoms with Crippen LogP contribution in [-0.2, 0) is 17.6 Å². The zero-order valence-electron chi connectivity index (χ0n) is 22.2. The number of methoxy groups -OCH3 is 2. The topological polar surface area (TPSA) is 71.4 Å². The molecule has 1 N–H and O–H groups in total. The Kier molecular flexibility index (Phi) is 7.31. The Morgan fingerprint density at radius 2 is 1.79 bits per heavy atom. The molecule has 7 nitrogen and oxygen atoms in total. The summed E-state index contributed by atoms with van der Waals surface area (Å²) in [6, 6.07) is 20.9. The number of carbonyl (C=O) groups excluding carboxylic acids is 1. The number of ether oxygens (including phenoxy) is 2. The summed E-state index contributed by atoms with van der Waals surface area (Å²) in [6.45, 7) is 3.87. The van der Waals surface area contributed by atoms with Gasteiger partial charge >= 0.3 is 6.41 Å². The molecule has 0 bridgehead atoms. The van der Waals surface area contributed by atoms with Gasteiger partial charge in [0.05, 0.1) is 26.5 Å². The van der Waals surface area contributed by atoms with E-state index in [1.54, 1.807) is 7.11 Å². The highest BCUT2D eigenvalue weighted by atomic mass is 16.6. The Balaban J connectivity index is 1.38. The second-order valence-corrected chi connectivity index (χ2v) is 9.68. The van der Waals surface area contributed by atoms with Crippen molar-refractivity contribution in [3.05, 3.63) is 88.5 Å². The van der Waals surface area contributed by atoms with Crippen LogP contribution in [0.15, 0.2) is 65.7 Å². The molecule has 38 heavy (non-hydrogen) atoms. The summed E-state index contributed by atoms with van der Waals surface area (Å²) in [5, 5.41) is 11.0. The number of aryl methyl sites for hydroxylation is 2. The zero-order chi connectivity index (χ0) is 26.7. The lowest BCUT2D eigenvalue weighted by atomic mass is 9.96. The first-order valence-corrected chi connectivity index (χ1v) is 13.1. The molecule has 3 aromatic rings. The normalized spacial score (nSPS) is 15.6. The summed E-state index contributed by atoms with van der Waals surface area (Å²) in [5.41, 5.74) is 7.29. The molecule has 3 aromatic carbocycles. The first kappa shape index (κ1) is 25.7. The van der Waals surface area contributed by atoms with Gasteiger partial charge < -0.3 is 14.4 Å². The molecule has 2 aliphatic rings. The van der Waals surface area contributed by atoms with E-state index in [-0.39, 0.29) is 6.54 Å². The molecular formula is C31H34N3O4+. The molecule has 7 heteroatoms.